The lowest BCUT2D eigenvalue weighted by Crippen LogP contribution is -2.13. The molecule has 0 spiro atoms. The lowest BCUT2D eigenvalue weighted by atomic mass is 10.1. The number of hydrogen-bond acceptors (Lipinski definition) is 4. The van der Waals surface area contributed by atoms with Gasteiger partial charge in [-0.1, -0.05) is 11.6 Å². The van der Waals surface area contributed by atoms with Crippen LogP contribution in [0.25, 0.3) is 0 Å². The number of aromatic nitrogens is 2. The van der Waals surface area contributed by atoms with Gasteiger partial charge in [-0.2, -0.15) is 0 Å². The maximum Gasteiger partial charge on any atom is 0.252 e. The van der Waals surface area contributed by atoms with Gasteiger partial charge in [-0.25, -0.2) is 0 Å². The molecule has 1 saturated heterocycles. The van der Waals surface area contributed by atoms with E-state index in [2.05, 4.69) is 10.2 Å². The predicted molar refractivity (Wildman–Crippen MR) is 56.1 cm³/mol. The van der Waals surface area contributed by atoms with Crippen LogP contribution < -0.4 is 4.74 Å². The fourth-order valence-electron chi connectivity index (χ4n) is 1.64. The maximum atomic E-state index is 5.97. The molecule has 1 aliphatic heterocycles. The van der Waals surface area contributed by atoms with Crippen LogP contribution in [0.3, 0.4) is 0 Å². The average molecular weight is 229 g/mol. The quantitative estimate of drug-likeness (QED) is 0.780. The van der Waals surface area contributed by atoms with Crippen LogP contribution in [-0.4, -0.2) is 23.9 Å². The first-order chi connectivity index (χ1) is 7.31. The van der Waals surface area contributed by atoms with Gasteiger partial charge in [0.15, 0.2) is 0 Å². The number of ether oxygens (including phenoxy) is 2. The van der Waals surface area contributed by atoms with Crippen LogP contribution in [0.5, 0.6) is 5.88 Å². The highest BCUT2D eigenvalue weighted by atomic mass is 35.5. The van der Waals surface area contributed by atoms with Gasteiger partial charge in [0, 0.05) is 6.61 Å². The Morgan fingerprint density at radius 2 is 2.33 bits per heavy atom. The van der Waals surface area contributed by atoms with Crippen molar-refractivity contribution in [3.63, 3.8) is 0 Å². The molecule has 0 bridgehead atoms. The van der Waals surface area contributed by atoms with Crippen molar-refractivity contribution in [3.8, 4) is 5.88 Å². The first-order valence-corrected chi connectivity index (χ1v) is 5.38. The number of rotatable bonds is 2. The van der Waals surface area contributed by atoms with Crippen molar-refractivity contribution in [2.24, 2.45) is 0 Å². The molecular formula is C10H13ClN2O2. The molecule has 1 aliphatic rings. The Morgan fingerprint density at radius 1 is 1.47 bits per heavy atom. The monoisotopic (exact) mass is 228 g/mol. The number of halogens is 1. The average Bonchev–Trinajstić information content (AvgIpc) is 2.30. The van der Waals surface area contributed by atoms with E-state index in [1.807, 2.05) is 0 Å². The molecule has 15 heavy (non-hydrogen) atoms. The highest BCUT2D eigenvalue weighted by molar-refractivity contribution is 6.31. The van der Waals surface area contributed by atoms with Gasteiger partial charge in [0.05, 0.1) is 12.8 Å². The largest absolute Gasteiger partial charge is 0.479 e. The van der Waals surface area contributed by atoms with E-state index in [-0.39, 0.29) is 6.10 Å². The van der Waals surface area contributed by atoms with Crippen molar-refractivity contribution < 1.29 is 9.47 Å². The molecule has 0 aliphatic carbocycles. The Balaban J connectivity index is 2.17. The third-order valence-electron chi connectivity index (χ3n) is 2.44. The fourth-order valence-corrected chi connectivity index (χ4v) is 1.87. The molecule has 2 rings (SSSR count). The minimum Gasteiger partial charge on any atom is -0.479 e. The second-order valence-corrected chi connectivity index (χ2v) is 3.89. The Kier molecular flexibility index (Phi) is 3.38. The smallest absolute Gasteiger partial charge is 0.252 e. The topological polar surface area (TPSA) is 44.2 Å². The molecule has 1 fully saturated rings. The first-order valence-electron chi connectivity index (χ1n) is 5.00. The van der Waals surface area contributed by atoms with Crippen molar-refractivity contribution in [2.45, 2.75) is 25.4 Å². The minimum absolute atomic E-state index is 0.0367. The first kappa shape index (κ1) is 10.6. The molecule has 0 radical (unpaired) electrons. The van der Waals surface area contributed by atoms with Crippen LogP contribution in [0.2, 0.25) is 5.02 Å². The van der Waals surface area contributed by atoms with Gasteiger partial charge >= 0.3 is 0 Å². The van der Waals surface area contributed by atoms with Crippen LogP contribution in [-0.2, 0) is 4.74 Å². The normalized spacial score (nSPS) is 21.3. The summed E-state index contributed by atoms with van der Waals surface area (Å²) >= 11 is 5.97. The van der Waals surface area contributed by atoms with Crippen LogP contribution in [0.4, 0.5) is 0 Å². The van der Waals surface area contributed by atoms with E-state index >= 15 is 0 Å². The summed E-state index contributed by atoms with van der Waals surface area (Å²) in [5.41, 5.74) is 0.792. The van der Waals surface area contributed by atoms with E-state index in [0.29, 0.717) is 10.9 Å². The van der Waals surface area contributed by atoms with E-state index < -0.39 is 0 Å². The van der Waals surface area contributed by atoms with Crippen LogP contribution in [0.1, 0.15) is 31.1 Å². The van der Waals surface area contributed by atoms with Gasteiger partial charge in [0.1, 0.15) is 11.1 Å². The highest BCUT2D eigenvalue weighted by Gasteiger charge is 2.19. The molecular weight excluding hydrogens is 216 g/mol. The summed E-state index contributed by atoms with van der Waals surface area (Å²) in [7, 11) is 1.52. The zero-order valence-electron chi connectivity index (χ0n) is 8.57. The van der Waals surface area contributed by atoms with Gasteiger partial charge < -0.3 is 9.47 Å². The summed E-state index contributed by atoms with van der Waals surface area (Å²) in [6.45, 7) is 0.788. The van der Waals surface area contributed by atoms with E-state index in [1.165, 1.54) is 7.11 Å². The number of methoxy groups -OCH3 is 1. The summed E-state index contributed by atoms with van der Waals surface area (Å²) in [6, 6.07) is 1.77. The lowest BCUT2D eigenvalue weighted by molar-refractivity contribution is 0.0117. The number of hydrogen-bond donors (Lipinski definition) is 0. The second-order valence-electron chi connectivity index (χ2n) is 3.48. The van der Waals surface area contributed by atoms with Crippen molar-refractivity contribution in [2.75, 3.05) is 13.7 Å². The molecule has 1 aromatic rings. The summed E-state index contributed by atoms with van der Waals surface area (Å²) in [5, 5.41) is 8.42. The maximum absolute atomic E-state index is 5.97. The molecule has 4 nitrogen and oxygen atoms in total. The van der Waals surface area contributed by atoms with Crippen molar-refractivity contribution in [1.82, 2.24) is 10.2 Å². The molecule has 5 heteroatoms. The second kappa shape index (κ2) is 4.77. The molecule has 0 saturated carbocycles. The van der Waals surface area contributed by atoms with Gasteiger partial charge in [-0.3, -0.25) is 0 Å². The van der Waals surface area contributed by atoms with E-state index in [4.69, 9.17) is 21.1 Å². The molecule has 2 heterocycles. The molecule has 1 atom stereocenters. The SMILES string of the molecule is COc1nnc(C2CCCCO2)cc1Cl. The third kappa shape index (κ3) is 2.38. The molecule has 1 unspecified atom stereocenters. The molecule has 0 N–H and O–H groups in total. The molecule has 82 valence electrons. The van der Waals surface area contributed by atoms with Crippen LogP contribution in [0.15, 0.2) is 6.07 Å². The standard InChI is InChI=1S/C10H13ClN2O2/c1-14-10-7(11)6-8(12-13-10)9-4-2-3-5-15-9/h6,9H,2-5H2,1H3. The zero-order chi connectivity index (χ0) is 10.7. The van der Waals surface area contributed by atoms with E-state index in [9.17, 15) is 0 Å². The van der Waals surface area contributed by atoms with E-state index in [0.717, 1.165) is 31.6 Å². The predicted octanol–water partition coefficient (Wildman–Crippen LogP) is 2.38. The van der Waals surface area contributed by atoms with Gasteiger partial charge in [0.2, 0.25) is 0 Å². The Hall–Kier alpha value is -0.870. The highest BCUT2D eigenvalue weighted by Crippen LogP contribution is 2.29. The molecule has 0 aromatic carbocycles. The molecule has 1 aromatic heterocycles. The minimum atomic E-state index is 0.0367. The van der Waals surface area contributed by atoms with Crippen molar-refractivity contribution >= 4 is 11.6 Å². The van der Waals surface area contributed by atoms with Crippen molar-refractivity contribution in [3.05, 3.63) is 16.8 Å². The Labute approximate surface area is 93.6 Å². The Bertz CT molecular complexity index is 340. The van der Waals surface area contributed by atoms with Gasteiger partial charge in [-0.05, 0) is 25.3 Å². The summed E-state index contributed by atoms with van der Waals surface area (Å²) in [5.74, 6) is 0.358. The third-order valence-corrected chi connectivity index (χ3v) is 2.71. The summed E-state index contributed by atoms with van der Waals surface area (Å²) < 4.78 is 10.5. The van der Waals surface area contributed by atoms with Gasteiger partial charge in [-0.15, -0.1) is 10.2 Å². The number of nitrogens with zero attached hydrogens (tertiary/aromatic N) is 2. The fraction of sp³-hybridized carbons (Fsp3) is 0.600. The van der Waals surface area contributed by atoms with Crippen molar-refractivity contribution in [1.29, 1.82) is 0 Å². The Morgan fingerprint density at radius 3 is 2.93 bits per heavy atom. The zero-order valence-corrected chi connectivity index (χ0v) is 9.33. The molecule has 0 amide bonds. The van der Waals surface area contributed by atoms with Crippen LogP contribution in [0, 0.1) is 0 Å². The lowest BCUT2D eigenvalue weighted by Gasteiger charge is -2.21. The van der Waals surface area contributed by atoms with Crippen LogP contribution >= 0.6 is 11.6 Å². The van der Waals surface area contributed by atoms with Gasteiger partial charge in [0.25, 0.3) is 5.88 Å². The summed E-state index contributed by atoms with van der Waals surface area (Å²) in [6.07, 6.45) is 3.30. The summed E-state index contributed by atoms with van der Waals surface area (Å²) in [4.78, 5) is 0. The van der Waals surface area contributed by atoms with E-state index in [1.54, 1.807) is 6.07 Å².